The number of anilines is 1. The zero-order chi connectivity index (χ0) is 18.0. The van der Waals surface area contributed by atoms with Crippen LogP contribution in [0.4, 0.5) is 5.69 Å². The van der Waals surface area contributed by atoms with Crippen LogP contribution >= 0.6 is 12.2 Å². The summed E-state index contributed by atoms with van der Waals surface area (Å²) in [6.07, 6.45) is 0. The van der Waals surface area contributed by atoms with Crippen molar-refractivity contribution in [3.63, 3.8) is 0 Å². The monoisotopic (exact) mass is 359 g/mol. The van der Waals surface area contributed by atoms with E-state index in [0.717, 1.165) is 22.0 Å². The van der Waals surface area contributed by atoms with E-state index in [2.05, 4.69) is 4.90 Å². The van der Waals surface area contributed by atoms with Crippen molar-refractivity contribution >= 4 is 22.9 Å². The van der Waals surface area contributed by atoms with Gasteiger partial charge in [0.15, 0.2) is 5.75 Å². The Kier molecular flexibility index (Phi) is 4.99. The highest BCUT2D eigenvalue weighted by molar-refractivity contribution is 7.80. The first-order valence-corrected chi connectivity index (χ1v) is 8.32. The largest absolute Gasteiger partial charge is 0.497 e. The topological polar surface area (TPSA) is 40.2 Å². The summed E-state index contributed by atoms with van der Waals surface area (Å²) in [4.78, 5) is 2.82. The van der Waals surface area contributed by atoms with Gasteiger partial charge in [-0.1, -0.05) is 24.4 Å². The molecule has 25 heavy (non-hydrogen) atoms. The van der Waals surface area contributed by atoms with Crippen LogP contribution in [0.2, 0.25) is 0 Å². The Morgan fingerprint density at radius 1 is 1.04 bits per heavy atom. The van der Waals surface area contributed by atoms with Crippen LogP contribution in [0.1, 0.15) is 18.5 Å². The zero-order valence-electron chi connectivity index (χ0n) is 14.7. The van der Waals surface area contributed by atoms with E-state index < -0.39 is 0 Å². The minimum atomic E-state index is -0.0433. The second-order valence-electron chi connectivity index (χ2n) is 5.67. The lowest BCUT2D eigenvalue weighted by Gasteiger charge is -2.39. The summed E-state index contributed by atoms with van der Waals surface area (Å²) in [6, 6.07) is 11.6. The van der Waals surface area contributed by atoms with Crippen LogP contribution in [0.25, 0.3) is 0 Å². The molecule has 0 spiro atoms. The van der Waals surface area contributed by atoms with Gasteiger partial charge in [-0.2, -0.15) is 0 Å². The van der Waals surface area contributed by atoms with Gasteiger partial charge in [0, 0.05) is 12.1 Å². The minimum Gasteiger partial charge on any atom is -0.497 e. The van der Waals surface area contributed by atoms with Gasteiger partial charge in [0.2, 0.25) is 0 Å². The summed E-state index contributed by atoms with van der Waals surface area (Å²) < 4.78 is 22.2. The van der Waals surface area contributed by atoms with Gasteiger partial charge in [0.1, 0.15) is 29.5 Å². The summed E-state index contributed by atoms with van der Waals surface area (Å²) in [7, 11) is 4.90. The van der Waals surface area contributed by atoms with Crippen molar-refractivity contribution < 1.29 is 18.9 Å². The Morgan fingerprint density at radius 2 is 1.72 bits per heavy atom. The fourth-order valence-corrected chi connectivity index (χ4v) is 3.25. The lowest BCUT2D eigenvalue weighted by Crippen LogP contribution is -2.39. The van der Waals surface area contributed by atoms with Crippen molar-refractivity contribution in [3.8, 4) is 23.0 Å². The van der Waals surface area contributed by atoms with Gasteiger partial charge in [-0.05, 0) is 24.6 Å². The summed E-state index contributed by atoms with van der Waals surface area (Å²) in [5.41, 5.74) is 1.91. The van der Waals surface area contributed by atoms with Crippen molar-refractivity contribution in [1.29, 1.82) is 0 Å². The minimum absolute atomic E-state index is 0.0433. The third-order valence-corrected chi connectivity index (χ3v) is 4.45. The SMILES string of the molecule is COc1ccc(C2COc3cc(OC)cc(OC)c3N2C(C)=S)cc1. The second-order valence-corrected chi connectivity index (χ2v) is 6.26. The fraction of sp³-hybridized carbons (Fsp3) is 0.316. The predicted octanol–water partition coefficient (Wildman–Crippen LogP) is 4.00. The number of benzene rings is 2. The average molecular weight is 359 g/mol. The number of hydrogen-bond acceptors (Lipinski definition) is 5. The highest BCUT2D eigenvalue weighted by Gasteiger charge is 2.33. The Labute approximate surface area is 153 Å². The summed E-state index contributed by atoms with van der Waals surface area (Å²) in [6.45, 7) is 2.38. The quantitative estimate of drug-likeness (QED) is 0.769. The number of nitrogens with zero attached hydrogens (tertiary/aromatic N) is 1. The number of fused-ring (bicyclic) bond motifs is 1. The van der Waals surface area contributed by atoms with E-state index in [1.807, 2.05) is 43.3 Å². The summed E-state index contributed by atoms with van der Waals surface area (Å²) >= 11 is 5.54. The van der Waals surface area contributed by atoms with Crippen LogP contribution in [-0.2, 0) is 0 Å². The molecule has 6 heteroatoms. The molecule has 1 aliphatic rings. The summed E-state index contributed by atoms with van der Waals surface area (Å²) in [5, 5.41) is 0. The molecule has 0 N–H and O–H groups in total. The molecule has 1 aliphatic heterocycles. The van der Waals surface area contributed by atoms with Gasteiger partial charge in [0.25, 0.3) is 0 Å². The zero-order valence-corrected chi connectivity index (χ0v) is 15.6. The maximum atomic E-state index is 6.02. The molecular formula is C19H21NO4S. The van der Waals surface area contributed by atoms with Gasteiger partial charge in [-0.25, -0.2) is 0 Å². The van der Waals surface area contributed by atoms with Gasteiger partial charge in [-0.3, -0.25) is 0 Å². The van der Waals surface area contributed by atoms with E-state index in [9.17, 15) is 0 Å². The Morgan fingerprint density at radius 3 is 2.28 bits per heavy atom. The normalized spacial score (nSPS) is 15.8. The molecule has 0 bridgehead atoms. The lowest BCUT2D eigenvalue weighted by atomic mass is 10.0. The average Bonchev–Trinajstić information content (AvgIpc) is 2.65. The van der Waals surface area contributed by atoms with Gasteiger partial charge >= 0.3 is 0 Å². The van der Waals surface area contributed by atoms with Crippen molar-refractivity contribution in [2.45, 2.75) is 13.0 Å². The molecule has 1 heterocycles. The van der Waals surface area contributed by atoms with Crippen LogP contribution in [0.3, 0.4) is 0 Å². The Balaban J connectivity index is 2.08. The van der Waals surface area contributed by atoms with E-state index in [-0.39, 0.29) is 6.04 Å². The standard InChI is InChI=1S/C19H21NO4S/c1-12(25)20-16(13-5-7-14(21-2)8-6-13)11-24-18-10-15(22-3)9-17(23-4)19(18)20/h5-10,16H,11H2,1-4H3. The summed E-state index contributed by atoms with van der Waals surface area (Å²) in [5.74, 6) is 2.86. The van der Waals surface area contributed by atoms with E-state index >= 15 is 0 Å². The van der Waals surface area contributed by atoms with Crippen molar-refractivity contribution in [2.75, 3.05) is 32.8 Å². The molecule has 1 unspecified atom stereocenters. The third kappa shape index (κ3) is 3.22. The fourth-order valence-electron chi connectivity index (χ4n) is 3.03. The van der Waals surface area contributed by atoms with Crippen molar-refractivity contribution in [1.82, 2.24) is 0 Å². The van der Waals surface area contributed by atoms with Gasteiger partial charge < -0.3 is 23.8 Å². The Hall–Kier alpha value is -2.47. The van der Waals surface area contributed by atoms with Crippen LogP contribution in [0.15, 0.2) is 36.4 Å². The highest BCUT2D eigenvalue weighted by atomic mass is 32.1. The van der Waals surface area contributed by atoms with Crippen molar-refractivity contribution in [3.05, 3.63) is 42.0 Å². The molecule has 2 aromatic rings. The Bertz CT molecular complexity index is 758. The molecule has 132 valence electrons. The van der Waals surface area contributed by atoms with Crippen LogP contribution in [-0.4, -0.2) is 32.9 Å². The molecule has 0 aliphatic carbocycles. The second kappa shape index (κ2) is 7.19. The molecule has 0 fully saturated rings. The molecule has 5 nitrogen and oxygen atoms in total. The molecule has 3 rings (SSSR count). The first-order chi connectivity index (χ1) is 12.1. The van der Waals surface area contributed by atoms with E-state index in [4.69, 9.17) is 31.2 Å². The molecular weight excluding hydrogens is 338 g/mol. The van der Waals surface area contributed by atoms with Crippen LogP contribution in [0, 0.1) is 0 Å². The lowest BCUT2D eigenvalue weighted by molar-refractivity contribution is 0.269. The predicted molar refractivity (Wildman–Crippen MR) is 102 cm³/mol. The van der Waals surface area contributed by atoms with E-state index in [1.165, 1.54) is 0 Å². The van der Waals surface area contributed by atoms with Gasteiger partial charge in [0.05, 0.1) is 32.4 Å². The third-order valence-electron chi connectivity index (χ3n) is 4.26. The molecule has 0 amide bonds. The molecule has 0 radical (unpaired) electrons. The number of hydrogen-bond donors (Lipinski definition) is 0. The maximum absolute atomic E-state index is 6.02. The smallest absolute Gasteiger partial charge is 0.150 e. The van der Waals surface area contributed by atoms with Gasteiger partial charge in [-0.15, -0.1) is 0 Å². The van der Waals surface area contributed by atoms with Crippen molar-refractivity contribution in [2.24, 2.45) is 0 Å². The first kappa shape index (κ1) is 17.4. The molecule has 0 saturated heterocycles. The number of rotatable bonds is 4. The molecule has 2 aromatic carbocycles. The molecule has 1 atom stereocenters. The number of methoxy groups -OCH3 is 3. The van der Waals surface area contributed by atoms with E-state index in [0.29, 0.717) is 23.9 Å². The maximum Gasteiger partial charge on any atom is 0.150 e. The number of ether oxygens (including phenoxy) is 4. The highest BCUT2D eigenvalue weighted by Crippen LogP contribution is 2.48. The van der Waals surface area contributed by atoms with Crippen LogP contribution in [0.5, 0.6) is 23.0 Å². The van der Waals surface area contributed by atoms with Crippen LogP contribution < -0.4 is 23.8 Å². The first-order valence-electron chi connectivity index (χ1n) is 7.91. The molecule has 0 saturated carbocycles. The van der Waals surface area contributed by atoms with E-state index in [1.54, 1.807) is 21.3 Å². The molecule has 0 aromatic heterocycles. The number of thiocarbonyl (C=S) groups is 1.